The van der Waals surface area contributed by atoms with E-state index in [-0.39, 0.29) is 9.79 Å². The molecule has 0 bridgehead atoms. The van der Waals surface area contributed by atoms with Crippen LogP contribution in [0.25, 0.3) is 22.6 Å². The second-order valence-electron chi connectivity index (χ2n) is 8.13. The zero-order valence-electron chi connectivity index (χ0n) is 19.1. The number of nitrogen functional groups attached to an aromatic ring is 2. The molecule has 10 nitrogen and oxygen atoms in total. The van der Waals surface area contributed by atoms with Crippen molar-refractivity contribution in [3.05, 3.63) is 91.0 Å². The van der Waals surface area contributed by atoms with Crippen molar-refractivity contribution in [3.63, 3.8) is 0 Å². The number of nitrogens with one attached hydrogen (secondary N) is 2. The Morgan fingerprint density at radius 3 is 1.65 bits per heavy atom. The highest BCUT2D eigenvalue weighted by Crippen LogP contribution is 2.28. The van der Waals surface area contributed by atoms with Crippen molar-refractivity contribution in [2.45, 2.75) is 9.79 Å². The highest BCUT2D eigenvalue weighted by Gasteiger charge is 2.17. The van der Waals surface area contributed by atoms with E-state index < -0.39 is 20.0 Å². The number of oxazole rings is 1. The van der Waals surface area contributed by atoms with Crippen LogP contribution in [0, 0.1) is 0 Å². The number of nitrogens with zero attached hydrogens (tertiary/aromatic N) is 1. The molecule has 12 heteroatoms. The Kier molecular flexibility index (Phi) is 5.97. The van der Waals surface area contributed by atoms with Crippen LogP contribution in [0.2, 0.25) is 0 Å². The van der Waals surface area contributed by atoms with E-state index in [9.17, 15) is 16.8 Å². The van der Waals surface area contributed by atoms with Crippen LogP contribution in [0.3, 0.4) is 0 Å². The molecule has 4 aromatic carbocycles. The van der Waals surface area contributed by atoms with Gasteiger partial charge in [-0.05, 0) is 91.0 Å². The molecule has 0 aliphatic rings. The van der Waals surface area contributed by atoms with Crippen LogP contribution in [0.4, 0.5) is 22.7 Å². The van der Waals surface area contributed by atoms with Gasteiger partial charge >= 0.3 is 0 Å². The van der Waals surface area contributed by atoms with Gasteiger partial charge in [-0.3, -0.25) is 9.44 Å². The zero-order valence-corrected chi connectivity index (χ0v) is 20.8. The first-order valence-corrected chi connectivity index (χ1v) is 13.8. The third-order valence-electron chi connectivity index (χ3n) is 5.40. The third kappa shape index (κ3) is 5.20. The summed E-state index contributed by atoms with van der Waals surface area (Å²) in [6.07, 6.45) is 0. The summed E-state index contributed by atoms with van der Waals surface area (Å²) >= 11 is 0. The van der Waals surface area contributed by atoms with Crippen LogP contribution in [-0.4, -0.2) is 21.8 Å². The van der Waals surface area contributed by atoms with Crippen molar-refractivity contribution in [2.75, 3.05) is 20.9 Å². The summed E-state index contributed by atoms with van der Waals surface area (Å²) < 4.78 is 61.3. The van der Waals surface area contributed by atoms with Crippen molar-refractivity contribution in [1.82, 2.24) is 4.98 Å². The lowest BCUT2D eigenvalue weighted by Crippen LogP contribution is -2.12. The quantitative estimate of drug-likeness (QED) is 0.224. The van der Waals surface area contributed by atoms with E-state index >= 15 is 0 Å². The van der Waals surface area contributed by atoms with Gasteiger partial charge < -0.3 is 15.9 Å². The fourth-order valence-electron chi connectivity index (χ4n) is 3.52. The molecule has 37 heavy (non-hydrogen) atoms. The molecular weight excluding hydrogens is 514 g/mol. The molecule has 188 valence electrons. The number of benzene rings is 4. The fourth-order valence-corrected chi connectivity index (χ4v) is 5.63. The van der Waals surface area contributed by atoms with E-state index in [1.807, 2.05) is 0 Å². The molecule has 0 amide bonds. The average molecular weight is 536 g/mol. The molecule has 0 spiro atoms. The summed E-state index contributed by atoms with van der Waals surface area (Å²) in [5.74, 6) is 0.293. The maximum Gasteiger partial charge on any atom is 0.261 e. The van der Waals surface area contributed by atoms with E-state index in [1.54, 1.807) is 42.5 Å². The molecule has 0 aliphatic heterocycles. The topological polar surface area (TPSA) is 170 Å². The molecule has 5 rings (SSSR count). The van der Waals surface area contributed by atoms with Crippen molar-refractivity contribution >= 4 is 53.9 Å². The molecule has 0 unspecified atom stereocenters. The summed E-state index contributed by atoms with van der Waals surface area (Å²) in [7, 11) is -7.59. The molecule has 1 aromatic heterocycles. The summed E-state index contributed by atoms with van der Waals surface area (Å²) in [6, 6.07) is 23.0. The van der Waals surface area contributed by atoms with Gasteiger partial charge in [0.1, 0.15) is 5.52 Å². The highest BCUT2D eigenvalue weighted by atomic mass is 32.2. The van der Waals surface area contributed by atoms with E-state index in [0.717, 1.165) is 0 Å². The number of sulfonamides is 2. The Labute approximate surface area is 213 Å². The number of hydrogen-bond acceptors (Lipinski definition) is 8. The highest BCUT2D eigenvalue weighted by molar-refractivity contribution is 7.93. The average Bonchev–Trinajstić information content (AvgIpc) is 3.28. The molecule has 0 atom stereocenters. The van der Waals surface area contributed by atoms with E-state index in [0.29, 0.717) is 45.3 Å². The van der Waals surface area contributed by atoms with Crippen molar-refractivity contribution in [2.24, 2.45) is 0 Å². The lowest BCUT2D eigenvalue weighted by atomic mass is 10.2. The predicted octanol–water partition coefficient (Wildman–Crippen LogP) is 4.26. The standard InChI is InChI=1S/C25H21N5O5S2/c26-17-3-10-21(11-4-17)36(31,32)29-19-7-1-16(2-8-19)25-28-23-15-20(9-14-24(23)35-25)30-37(33,34)22-12-5-18(27)6-13-22/h1-15,29-30H,26-27H2. The van der Waals surface area contributed by atoms with Crippen LogP contribution >= 0.6 is 0 Å². The Bertz CT molecular complexity index is 1800. The Morgan fingerprint density at radius 1 is 0.622 bits per heavy atom. The van der Waals surface area contributed by atoms with Gasteiger partial charge in [0.25, 0.3) is 20.0 Å². The SMILES string of the molecule is Nc1ccc(S(=O)(=O)Nc2ccc(-c3nc4cc(NS(=O)(=O)c5ccc(N)cc5)ccc4o3)cc2)cc1. The van der Waals surface area contributed by atoms with Gasteiger partial charge in [0.2, 0.25) is 5.89 Å². The number of nitrogens with two attached hydrogens (primary N) is 2. The van der Waals surface area contributed by atoms with Crippen LogP contribution in [0.5, 0.6) is 0 Å². The fraction of sp³-hybridized carbons (Fsp3) is 0. The van der Waals surface area contributed by atoms with Gasteiger partial charge in [-0.25, -0.2) is 21.8 Å². The minimum atomic E-state index is -3.81. The normalized spacial score (nSPS) is 11.9. The number of fused-ring (bicyclic) bond motifs is 1. The van der Waals surface area contributed by atoms with Crippen LogP contribution < -0.4 is 20.9 Å². The predicted molar refractivity (Wildman–Crippen MR) is 143 cm³/mol. The minimum absolute atomic E-state index is 0.0785. The lowest BCUT2D eigenvalue weighted by Gasteiger charge is -2.08. The third-order valence-corrected chi connectivity index (χ3v) is 8.20. The maximum absolute atomic E-state index is 12.7. The molecule has 0 aliphatic carbocycles. The molecular formula is C25H21N5O5S2. The lowest BCUT2D eigenvalue weighted by molar-refractivity contribution is 0.599. The smallest absolute Gasteiger partial charge is 0.261 e. The minimum Gasteiger partial charge on any atom is -0.436 e. The summed E-state index contributed by atoms with van der Waals surface area (Å²) in [6.45, 7) is 0. The molecule has 0 radical (unpaired) electrons. The van der Waals surface area contributed by atoms with Crippen LogP contribution in [-0.2, 0) is 20.0 Å². The zero-order chi connectivity index (χ0) is 26.2. The van der Waals surface area contributed by atoms with E-state index in [2.05, 4.69) is 14.4 Å². The van der Waals surface area contributed by atoms with Crippen LogP contribution in [0.1, 0.15) is 0 Å². The van der Waals surface area contributed by atoms with E-state index in [4.69, 9.17) is 15.9 Å². The number of hydrogen-bond donors (Lipinski definition) is 4. The van der Waals surface area contributed by atoms with Crippen molar-refractivity contribution < 1.29 is 21.3 Å². The molecule has 1 heterocycles. The maximum atomic E-state index is 12.7. The van der Waals surface area contributed by atoms with Crippen molar-refractivity contribution in [1.29, 1.82) is 0 Å². The molecule has 0 saturated carbocycles. The molecule has 0 fully saturated rings. The van der Waals surface area contributed by atoms with Crippen molar-refractivity contribution in [3.8, 4) is 11.5 Å². The summed E-state index contributed by atoms with van der Waals surface area (Å²) in [5, 5.41) is 0. The van der Waals surface area contributed by atoms with Gasteiger partial charge in [0.15, 0.2) is 5.58 Å². The number of anilines is 4. The van der Waals surface area contributed by atoms with Gasteiger partial charge in [-0.2, -0.15) is 0 Å². The monoisotopic (exact) mass is 535 g/mol. The summed E-state index contributed by atoms with van der Waals surface area (Å²) in [5.41, 5.74) is 14.4. The van der Waals surface area contributed by atoms with Crippen LogP contribution in [0.15, 0.2) is 105 Å². The molecule has 0 saturated heterocycles. The Balaban J connectivity index is 1.34. The Morgan fingerprint density at radius 2 is 1.11 bits per heavy atom. The summed E-state index contributed by atoms with van der Waals surface area (Å²) in [4.78, 5) is 4.62. The first-order chi connectivity index (χ1) is 17.6. The largest absolute Gasteiger partial charge is 0.436 e. The first kappa shape index (κ1) is 24.2. The second kappa shape index (κ2) is 9.15. The second-order valence-corrected chi connectivity index (χ2v) is 11.5. The number of rotatable bonds is 7. The Hall–Kier alpha value is -4.55. The molecule has 6 N–H and O–H groups in total. The van der Waals surface area contributed by atoms with Gasteiger partial charge in [0, 0.05) is 22.6 Å². The van der Waals surface area contributed by atoms with E-state index in [1.165, 1.54) is 48.5 Å². The number of aromatic nitrogens is 1. The van der Waals surface area contributed by atoms with Gasteiger partial charge in [-0.15, -0.1) is 0 Å². The van der Waals surface area contributed by atoms with Gasteiger partial charge in [0.05, 0.1) is 15.5 Å². The van der Waals surface area contributed by atoms with Gasteiger partial charge in [-0.1, -0.05) is 0 Å². The first-order valence-electron chi connectivity index (χ1n) is 10.9. The molecule has 5 aromatic rings.